The molecule has 2 aromatic rings. The van der Waals surface area contributed by atoms with Crippen molar-refractivity contribution < 1.29 is 14.4 Å². The number of hydrogen-bond acceptors (Lipinski definition) is 4. The highest BCUT2D eigenvalue weighted by Gasteiger charge is 2.56. The Kier molecular flexibility index (Phi) is 3.52. The van der Waals surface area contributed by atoms with Crippen LogP contribution in [0.25, 0.3) is 5.69 Å². The molecule has 0 bridgehead atoms. The molecule has 3 N–H and O–H groups in total. The van der Waals surface area contributed by atoms with E-state index in [4.69, 9.17) is 0 Å². The second-order valence-corrected chi connectivity index (χ2v) is 6.35. The maximum Gasteiger partial charge on any atom is 0.322 e. The van der Waals surface area contributed by atoms with Gasteiger partial charge in [0, 0.05) is 6.20 Å². The number of carbonyl (C=O) groups excluding carboxylic acids is 3. The Morgan fingerprint density at radius 2 is 2.04 bits per heavy atom. The molecular weight excluding hydrogens is 322 g/mol. The van der Waals surface area contributed by atoms with Crippen molar-refractivity contribution in [1.82, 2.24) is 25.7 Å². The molecule has 1 aromatic heterocycles. The molecule has 25 heavy (non-hydrogen) atoms. The first-order valence-corrected chi connectivity index (χ1v) is 8.10. The van der Waals surface area contributed by atoms with Crippen molar-refractivity contribution in [2.75, 3.05) is 6.54 Å². The molecule has 0 spiro atoms. The van der Waals surface area contributed by atoms with Crippen LogP contribution in [-0.4, -0.2) is 39.7 Å². The summed E-state index contributed by atoms with van der Waals surface area (Å²) in [7, 11) is 0. The van der Waals surface area contributed by atoms with Crippen LogP contribution in [0.5, 0.6) is 0 Å². The molecule has 2 fully saturated rings. The zero-order valence-electron chi connectivity index (χ0n) is 13.4. The van der Waals surface area contributed by atoms with Crippen molar-refractivity contribution in [1.29, 1.82) is 0 Å². The molecule has 1 saturated heterocycles. The minimum absolute atomic E-state index is 0.0601. The van der Waals surface area contributed by atoms with Crippen molar-refractivity contribution in [3.05, 3.63) is 48.3 Å². The first kappa shape index (κ1) is 15.4. The molecule has 4 rings (SSSR count). The highest BCUT2D eigenvalue weighted by Crippen LogP contribution is 2.41. The van der Waals surface area contributed by atoms with Crippen LogP contribution in [0.4, 0.5) is 4.79 Å². The predicted octanol–water partition coefficient (Wildman–Crippen LogP) is 0.590. The third kappa shape index (κ3) is 2.75. The molecule has 1 aliphatic heterocycles. The largest absolute Gasteiger partial charge is 0.349 e. The van der Waals surface area contributed by atoms with Crippen molar-refractivity contribution in [2.45, 2.75) is 18.4 Å². The zero-order valence-corrected chi connectivity index (χ0v) is 13.4. The Bertz CT molecular complexity index is 843. The normalized spacial score (nSPS) is 22.4. The monoisotopic (exact) mass is 339 g/mol. The predicted molar refractivity (Wildman–Crippen MR) is 88.0 cm³/mol. The van der Waals surface area contributed by atoms with E-state index in [-0.39, 0.29) is 24.3 Å². The standard InChI is InChI=1S/C17H17N5O3/c23-14(11-8-19-22(9-11)13-4-2-1-3-5-13)18-10-17(12-6-7-12)15(24)20-16(25)21-17/h1-5,8-9,12H,6-7,10H2,(H,18,23)(H2,20,21,24,25)/t17-/m0/s1. The quantitative estimate of drug-likeness (QED) is 0.693. The lowest BCUT2D eigenvalue weighted by atomic mass is 9.93. The van der Waals surface area contributed by atoms with Crippen LogP contribution in [-0.2, 0) is 4.79 Å². The Balaban J connectivity index is 1.47. The molecule has 1 atom stereocenters. The van der Waals surface area contributed by atoms with Gasteiger partial charge >= 0.3 is 6.03 Å². The summed E-state index contributed by atoms with van der Waals surface area (Å²) in [4.78, 5) is 36.1. The fourth-order valence-electron chi connectivity index (χ4n) is 3.12. The summed E-state index contributed by atoms with van der Waals surface area (Å²) in [5, 5.41) is 11.9. The topological polar surface area (TPSA) is 105 Å². The first-order chi connectivity index (χ1) is 12.1. The molecule has 0 unspecified atom stereocenters. The second-order valence-electron chi connectivity index (χ2n) is 6.35. The first-order valence-electron chi connectivity index (χ1n) is 8.10. The van der Waals surface area contributed by atoms with E-state index in [0.717, 1.165) is 18.5 Å². The average Bonchev–Trinajstić information content (AvgIpc) is 3.27. The Labute approximate surface area is 143 Å². The lowest BCUT2D eigenvalue weighted by molar-refractivity contribution is -0.124. The van der Waals surface area contributed by atoms with Gasteiger partial charge in [0.25, 0.3) is 11.8 Å². The molecular formula is C17H17N5O3. The number of hydrogen-bond donors (Lipinski definition) is 3. The lowest BCUT2D eigenvalue weighted by Gasteiger charge is -2.25. The van der Waals surface area contributed by atoms with E-state index in [9.17, 15) is 14.4 Å². The van der Waals surface area contributed by atoms with E-state index in [1.165, 1.54) is 6.20 Å². The molecule has 128 valence electrons. The number of carbonyl (C=O) groups is 3. The number of rotatable bonds is 5. The van der Waals surface area contributed by atoms with E-state index >= 15 is 0 Å². The van der Waals surface area contributed by atoms with Gasteiger partial charge in [0.05, 0.1) is 24.0 Å². The number of nitrogens with one attached hydrogen (secondary N) is 3. The van der Waals surface area contributed by atoms with Crippen LogP contribution < -0.4 is 16.0 Å². The van der Waals surface area contributed by atoms with E-state index < -0.39 is 11.6 Å². The van der Waals surface area contributed by atoms with Gasteiger partial charge in [-0.2, -0.15) is 5.10 Å². The van der Waals surface area contributed by atoms with Gasteiger partial charge in [0.2, 0.25) is 0 Å². The number of aromatic nitrogens is 2. The molecule has 2 heterocycles. The summed E-state index contributed by atoms with van der Waals surface area (Å²) in [6, 6.07) is 8.93. The maximum atomic E-state index is 12.4. The van der Waals surface area contributed by atoms with Crippen LogP contribution in [0.1, 0.15) is 23.2 Å². The molecule has 1 aromatic carbocycles. The van der Waals surface area contributed by atoms with Gasteiger partial charge in [-0.25, -0.2) is 9.48 Å². The lowest BCUT2D eigenvalue weighted by Crippen LogP contribution is -2.57. The highest BCUT2D eigenvalue weighted by atomic mass is 16.2. The average molecular weight is 339 g/mol. The van der Waals surface area contributed by atoms with Crippen LogP contribution >= 0.6 is 0 Å². The fraction of sp³-hybridized carbons (Fsp3) is 0.294. The van der Waals surface area contributed by atoms with E-state index in [1.54, 1.807) is 10.9 Å². The van der Waals surface area contributed by atoms with E-state index in [2.05, 4.69) is 21.0 Å². The molecule has 2 aliphatic rings. The smallest absolute Gasteiger partial charge is 0.322 e. The number of amides is 4. The molecule has 1 aliphatic carbocycles. The number of para-hydroxylation sites is 1. The van der Waals surface area contributed by atoms with Crippen molar-refractivity contribution in [3.63, 3.8) is 0 Å². The SMILES string of the molecule is O=C1NC(=O)[C@](CNC(=O)c2cnn(-c3ccccc3)c2)(C2CC2)N1. The van der Waals surface area contributed by atoms with E-state index in [1.807, 2.05) is 30.3 Å². The number of imide groups is 1. The highest BCUT2D eigenvalue weighted by molar-refractivity contribution is 6.08. The van der Waals surface area contributed by atoms with Crippen LogP contribution in [0.3, 0.4) is 0 Å². The van der Waals surface area contributed by atoms with Gasteiger partial charge in [0.15, 0.2) is 0 Å². The second kappa shape index (κ2) is 5.73. The van der Waals surface area contributed by atoms with E-state index in [0.29, 0.717) is 5.56 Å². The van der Waals surface area contributed by atoms with Crippen LogP contribution in [0.2, 0.25) is 0 Å². The summed E-state index contributed by atoms with van der Waals surface area (Å²) in [6.07, 6.45) is 4.81. The molecule has 1 saturated carbocycles. The van der Waals surface area contributed by atoms with Crippen molar-refractivity contribution in [2.24, 2.45) is 5.92 Å². The summed E-state index contributed by atoms with van der Waals surface area (Å²) < 4.78 is 1.61. The van der Waals surface area contributed by atoms with Crippen LogP contribution in [0.15, 0.2) is 42.7 Å². The Morgan fingerprint density at radius 1 is 1.28 bits per heavy atom. The number of nitrogens with zero attached hydrogens (tertiary/aromatic N) is 2. The van der Waals surface area contributed by atoms with Gasteiger partial charge in [-0.3, -0.25) is 14.9 Å². The molecule has 8 heteroatoms. The number of benzene rings is 1. The zero-order chi connectivity index (χ0) is 17.4. The van der Waals surface area contributed by atoms with Crippen molar-refractivity contribution >= 4 is 17.8 Å². The molecule has 0 radical (unpaired) electrons. The minimum atomic E-state index is -1.04. The van der Waals surface area contributed by atoms with Crippen molar-refractivity contribution in [3.8, 4) is 5.69 Å². The van der Waals surface area contributed by atoms with Gasteiger partial charge in [0.1, 0.15) is 5.54 Å². The third-order valence-electron chi connectivity index (χ3n) is 4.64. The molecule has 8 nitrogen and oxygen atoms in total. The fourth-order valence-corrected chi connectivity index (χ4v) is 3.12. The molecule has 4 amide bonds. The summed E-state index contributed by atoms with van der Waals surface area (Å²) >= 11 is 0. The Hall–Kier alpha value is -3.16. The minimum Gasteiger partial charge on any atom is -0.349 e. The van der Waals surface area contributed by atoms with Crippen LogP contribution in [0, 0.1) is 5.92 Å². The van der Waals surface area contributed by atoms with Gasteiger partial charge in [-0.05, 0) is 30.9 Å². The summed E-state index contributed by atoms with van der Waals surface area (Å²) in [5.41, 5.74) is 0.195. The van der Waals surface area contributed by atoms with Gasteiger partial charge in [-0.15, -0.1) is 0 Å². The Morgan fingerprint density at radius 3 is 2.68 bits per heavy atom. The maximum absolute atomic E-state index is 12.4. The third-order valence-corrected chi connectivity index (χ3v) is 4.64. The summed E-state index contributed by atoms with van der Waals surface area (Å²) in [5.74, 6) is -0.650. The summed E-state index contributed by atoms with van der Waals surface area (Å²) in [6.45, 7) is 0.0601. The van der Waals surface area contributed by atoms with Gasteiger partial charge < -0.3 is 10.6 Å². The number of urea groups is 1. The van der Waals surface area contributed by atoms with Gasteiger partial charge in [-0.1, -0.05) is 18.2 Å².